The second-order valence-corrected chi connectivity index (χ2v) is 9.18. The van der Waals surface area contributed by atoms with Gasteiger partial charge in [-0.05, 0) is 48.4 Å². The van der Waals surface area contributed by atoms with Crippen LogP contribution in [0.1, 0.15) is 17.5 Å². The molecule has 36 heavy (non-hydrogen) atoms. The summed E-state index contributed by atoms with van der Waals surface area (Å²) in [6, 6.07) is 14.0. The van der Waals surface area contributed by atoms with Gasteiger partial charge in [0.1, 0.15) is 0 Å². The highest BCUT2D eigenvalue weighted by molar-refractivity contribution is 6.30. The van der Waals surface area contributed by atoms with E-state index in [0.717, 1.165) is 25.2 Å². The van der Waals surface area contributed by atoms with E-state index in [9.17, 15) is 14.3 Å². The van der Waals surface area contributed by atoms with Gasteiger partial charge >= 0.3 is 0 Å². The van der Waals surface area contributed by atoms with Gasteiger partial charge in [0.25, 0.3) is 5.56 Å². The minimum atomic E-state index is -0.493. The summed E-state index contributed by atoms with van der Waals surface area (Å²) in [6.07, 6.45) is 4.42. The molecule has 2 heterocycles. The lowest BCUT2D eigenvalue weighted by Gasteiger charge is -2.33. The van der Waals surface area contributed by atoms with Crippen molar-refractivity contribution in [3.8, 4) is 17.0 Å². The monoisotopic (exact) mass is 512 g/mol. The van der Waals surface area contributed by atoms with Gasteiger partial charge in [-0.25, -0.2) is 9.07 Å². The molecular formula is C27H30ClFN4O3. The summed E-state index contributed by atoms with van der Waals surface area (Å²) >= 11 is 5.96. The number of aliphatic hydroxyl groups excluding tert-OH is 1. The molecule has 0 amide bonds. The van der Waals surface area contributed by atoms with Crippen molar-refractivity contribution >= 4 is 17.7 Å². The van der Waals surface area contributed by atoms with Crippen LogP contribution in [0.5, 0.6) is 5.75 Å². The summed E-state index contributed by atoms with van der Waals surface area (Å²) in [6.45, 7) is 3.11. The number of aromatic nitrogens is 2. The van der Waals surface area contributed by atoms with Gasteiger partial charge < -0.3 is 15.2 Å². The van der Waals surface area contributed by atoms with Crippen LogP contribution in [0.2, 0.25) is 5.02 Å². The number of halogens is 2. The highest BCUT2D eigenvalue weighted by atomic mass is 35.5. The fourth-order valence-electron chi connectivity index (χ4n) is 4.29. The summed E-state index contributed by atoms with van der Waals surface area (Å²) in [5.74, 6) is -0.346. The van der Waals surface area contributed by atoms with E-state index in [-0.39, 0.29) is 30.5 Å². The van der Waals surface area contributed by atoms with Gasteiger partial charge in [0.2, 0.25) is 0 Å². The Bertz CT molecular complexity index is 1260. The summed E-state index contributed by atoms with van der Waals surface area (Å²) < 4.78 is 20.9. The first-order valence-electron chi connectivity index (χ1n) is 11.9. The lowest BCUT2D eigenvalue weighted by molar-refractivity contribution is 0.167. The molecule has 1 aliphatic rings. The maximum Gasteiger partial charge on any atom is 0.271 e. The molecule has 1 aliphatic heterocycles. The molecule has 1 aromatic heterocycles. The quantitative estimate of drug-likeness (QED) is 0.456. The van der Waals surface area contributed by atoms with Crippen molar-refractivity contribution in [1.29, 1.82) is 0 Å². The van der Waals surface area contributed by atoms with E-state index in [1.807, 2.05) is 24.3 Å². The first-order valence-corrected chi connectivity index (χ1v) is 12.3. The maximum absolute atomic E-state index is 14.4. The average molecular weight is 513 g/mol. The number of aliphatic hydroxyl groups is 1. The Hall–Kier alpha value is -3.04. The molecule has 0 bridgehead atoms. The van der Waals surface area contributed by atoms with E-state index in [2.05, 4.69) is 15.3 Å². The topological polar surface area (TPSA) is 79.6 Å². The number of benzene rings is 2. The number of hydrogen-bond donors (Lipinski definition) is 2. The summed E-state index contributed by atoms with van der Waals surface area (Å²) in [5, 5.41) is 17.9. The molecule has 2 N–H and O–H groups in total. The number of hydrogen-bond acceptors (Lipinski definition) is 6. The Morgan fingerprint density at radius 2 is 2.06 bits per heavy atom. The van der Waals surface area contributed by atoms with E-state index < -0.39 is 5.82 Å². The Kier molecular flexibility index (Phi) is 8.88. The highest BCUT2D eigenvalue weighted by Crippen LogP contribution is 2.24. The van der Waals surface area contributed by atoms with Crippen LogP contribution >= 0.6 is 11.6 Å². The van der Waals surface area contributed by atoms with Crippen molar-refractivity contribution in [2.24, 2.45) is 0 Å². The molecule has 9 heteroatoms. The zero-order valence-electron chi connectivity index (χ0n) is 20.2. The SMILES string of the molecule is COc1ccc(-c2cc(CN3CCNC(CCO)C3)c(=O)n(CC=Cc3ccc(Cl)cc3)n2)cc1F. The van der Waals surface area contributed by atoms with Gasteiger partial charge in [0.05, 0.1) is 19.3 Å². The molecule has 1 unspecified atom stereocenters. The Morgan fingerprint density at radius 1 is 1.25 bits per heavy atom. The second kappa shape index (κ2) is 12.3. The fourth-order valence-corrected chi connectivity index (χ4v) is 4.42. The molecule has 4 rings (SSSR count). The van der Waals surface area contributed by atoms with E-state index in [4.69, 9.17) is 16.3 Å². The molecule has 3 aromatic rings. The van der Waals surface area contributed by atoms with Crippen LogP contribution in [0.3, 0.4) is 0 Å². The Morgan fingerprint density at radius 3 is 2.78 bits per heavy atom. The largest absolute Gasteiger partial charge is 0.494 e. The van der Waals surface area contributed by atoms with E-state index in [1.165, 1.54) is 17.9 Å². The lowest BCUT2D eigenvalue weighted by atomic mass is 10.1. The minimum absolute atomic E-state index is 0.112. The maximum atomic E-state index is 14.4. The molecule has 1 fully saturated rings. The van der Waals surface area contributed by atoms with Crippen LogP contribution in [0.25, 0.3) is 17.3 Å². The standard InChI is InChI=1S/C27H30ClFN4O3/c1-36-26-9-6-20(15-24(26)29)25-16-21(17-32-13-11-30-23(18-32)10-14-34)27(35)33(31-25)12-2-3-19-4-7-22(28)8-5-19/h2-9,15-16,23,30,34H,10-14,17-18H2,1H3. The number of piperazine rings is 1. The molecule has 1 saturated heterocycles. The third-order valence-corrected chi connectivity index (χ3v) is 6.42. The van der Waals surface area contributed by atoms with Crippen molar-refractivity contribution in [2.45, 2.75) is 25.6 Å². The second-order valence-electron chi connectivity index (χ2n) is 8.74. The number of rotatable bonds is 9. The average Bonchev–Trinajstić information content (AvgIpc) is 2.87. The number of nitrogens with zero attached hydrogens (tertiary/aromatic N) is 3. The van der Waals surface area contributed by atoms with Crippen molar-refractivity contribution in [1.82, 2.24) is 20.0 Å². The van der Waals surface area contributed by atoms with Crippen molar-refractivity contribution in [3.63, 3.8) is 0 Å². The van der Waals surface area contributed by atoms with Crippen LogP contribution in [-0.2, 0) is 13.1 Å². The molecular weight excluding hydrogens is 483 g/mol. The molecule has 2 aromatic carbocycles. The number of ether oxygens (including phenoxy) is 1. The third-order valence-electron chi connectivity index (χ3n) is 6.17. The van der Waals surface area contributed by atoms with Crippen molar-refractivity contribution in [2.75, 3.05) is 33.4 Å². The van der Waals surface area contributed by atoms with Gasteiger partial charge in [0, 0.05) is 55.0 Å². The number of methoxy groups -OCH3 is 1. The normalized spacial score (nSPS) is 16.5. The van der Waals surface area contributed by atoms with Crippen LogP contribution in [0.15, 0.2) is 59.4 Å². The first-order chi connectivity index (χ1) is 17.5. The molecule has 0 saturated carbocycles. The Labute approximate surface area is 214 Å². The van der Waals surface area contributed by atoms with Gasteiger partial charge in [0.15, 0.2) is 11.6 Å². The van der Waals surface area contributed by atoms with Gasteiger partial charge in [-0.2, -0.15) is 5.10 Å². The van der Waals surface area contributed by atoms with Gasteiger partial charge in [-0.15, -0.1) is 0 Å². The lowest BCUT2D eigenvalue weighted by Crippen LogP contribution is -2.51. The van der Waals surface area contributed by atoms with E-state index in [0.29, 0.717) is 34.8 Å². The molecule has 0 spiro atoms. The third kappa shape index (κ3) is 6.59. The molecule has 190 valence electrons. The first kappa shape index (κ1) is 26.0. The Balaban J connectivity index is 1.64. The van der Waals surface area contributed by atoms with Crippen LogP contribution < -0.4 is 15.6 Å². The van der Waals surface area contributed by atoms with Crippen LogP contribution in [-0.4, -0.2) is 59.2 Å². The van der Waals surface area contributed by atoms with Crippen LogP contribution in [0, 0.1) is 5.82 Å². The predicted molar refractivity (Wildman–Crippen MR) is 140 cm³/mol. The molecule has 0 radical (unpaired) electrons. The van der Waals surface area contributed by atoms with E-state index >= 15 is 0 Å². The van der Waals surface area contributed by atoms with Crippen molar-refractivity contribution < 1.29 is 14.2 Å². The minimum Gasteiger partial charge on any atom is -0.494 e. The zero-order valence-corrected chi connectivity index (χ0v) is 20.9. The molecule has 0 aliphatic carbocycles. The fraction of sp³-hybridized carbons (Fsp3) is 0.333. The van der Waals surface area contributed by atoms with Crippen LogP contribution in [0.4, 0.5) is 4.39 Å². The number of nitrogens with one attached hydrogen (secondary N) is 1. The molecule has 1 atom stereocenters. The summed E-state index contributed by atoms with van der Waals surface area (Å²) in [5.41, 5.74) is 2.42. The van der Waals surface area contributed by atoms with Gasteiger partial charge in [-0.3, -0.25) is 9.69 Å². The zero-order chi connectivity index (χ0) is 25.5. The summed E-state index contributed by atoms with van der Waals surface area (Å²) in [4.78, 5) is 15.6. The highest BCUT2D eigenvalue weighted by Gasteiger charge is 2.21. The molecule has 7 nitrogen and oxygen atoms in total. The predicted octanol–water partition coefficient (Wildman–Crippen LogP) is 3.58. The van der Waals surface area contributed by atoms with Gasteiger partial charge in [-0.1, -0.05) is 35.9 Å². The van der Waals surface area contributed by atoms with Crippen molar-refractivity contribution in [3.05, 3.63) is 86.9 Å². The van der Waals surface area contributed by atoms with E-state index in [1.54, 1.807) is 30.3 Å². The smallest absolute Gasteiger partial charge is 0.271 e. The summed E-state index contributed by atoms with van der Waals surface area (Å²) in [7, 11) is 1.42. The number of allylic oxidation sites excluding steroid dienone is 1.